The number of amides is 1. The van der Waals surface area contributed by atoms with E-state index < -0.39 is 0 Å². The van der Waals surface area contributed by atoms with Gasteiger partial charge in [0.05, 0.1) is 22.8 Å². The first-order valence-corrected chi connectivity index (χ1v) is 9.97. The maximum absolute atomic E-state index is 12.7. The molecule has 1 aromatic carbocycles. The molecule has 2 aromatic rings. The lowest BCUT2D eigenvalue weighted by Crippen LogP contribution is -2.28. The molecule has 6 nitrogen and oxygen atoms in total. The molecular formula is C21H22N2O4S. The lowest BCUT2D eigenvalue weighted by atomic mass is 10.2. The van der Waals surface area contributed by atoms with Gasteiger partial charge >= 0.3 is 5.97 Å². The van der Waals surface area contributed by atoms with E-state index in [0.717, 1.165) is 12.2 Å². The number of rotatable bonds is 6. The monoisotopic (exact) mass is 398 g/mol. The zero-order chi connectivity index (χ0) is 20.1. The van der Waals surface area contributed by atoms with Crippen molar-refractivity contribution in [2.45, 2.75) is 27.2 Å². The van der Waals surface area contributed by atoms with Gasteiger partial charge in [-0.2, -0.15) is 0 Å². The molecule has 0 radical (unpaired) electrons. The second-order valence-corrected chi connectivity index (χ2v) is 7.20. The molecule has 0 saturated carbocycles. The van der Waals surface area contributed by atoms with E-state index in [0.29, 0.717) is 40.2 Å². The molecule has 2 heterocycles. The third-order valence-electron chi connectivity index (χ3n) is 3.98. The van der Waals surface area contributed by atoms with Gasteiger partial charge in [-0.15, -0.1) is 0 Å². The van der Waals surface area contributed by atoms with E-state index in [1.807, 2.05) is 32.9 Å². The first kappa shape index (κ1) is 19.9. The van der Waals surface area contributed by atoms with E-state index in [4.69, 9.17) is 9.15 Å². The van der Waals surface area contributed by atoms with Crippen molar-refractivity contribution in [1.29, 1.82) is 0 Å². The second-order valence-electron chi connectivity index (χ2n) is 6.19. The average Bonchev–Trinajstić information content (AvgIpc) is 3.23. The summed E-state index contributed by atoms with van der Waals surface area (Å²) in [4.78, 5) is 31.5. The molecule has 1 aliphatic heterocycles. The summed E-state index contributed by atoms with van der Waals surface area (Å²) in [5.74, 6) is 0.931. The number of amidine groups is 1. The highest BCUT2D eigenvalue weighted by Crippen LogP contribution is 2.34. The number of thioether (sulfide) groups is 1. The minimum Gasteiger partial charge on any atom is -0.462 e. The number of aliphatic imine (C=N–C) groups is 1. The number of benzene rings is 1. The van der Waals surface area contributed by atoms with Gasteiger partial charge in [-0.05, 0) is 62.4 Å². The molecule has 146 valence electrons. The Morgan fingerprint density at radius 1 is 1.29 bits per heavy atom. The number of hydrogen-bond donors (Lipinski definition) is 0. The van der Waals surface area contributed by atoms with Crippen molar-refractivity contribution in [3.63, 3.8) is 0 Å². The Hall–Kier alpha value is -2.80. The third-order valence-corrected chi connectivity index (χ3v) is 4.99. The molecule has 1 aliphatic rings. The van der Waals surface area contributed by atoms with Crippen LogP contribution in [0.5, 0.6) is 0 Å². The summed E-state index contributed by atoms with van der Waals surface area (Å²) in [7, 11) is 0. The summed E-state index contributed by atoms with van der Waals surface area (Å²) in [6.45, 7) is 6.57. The number of ether oxygens (including phenoxy) is 1. The van der Waals surface area contributed by atoms with Crippen molar-refractivity contribution < 1.29 is 18.7 Å². The summed E-state index contributed by atoms with van der Waals surface area (Å²) < 4.78 is 10.7. The standard InChI is InChI=1S/C21H22N2O4S/c1-4-11-26-20(25)15-7-6-8-16(12-15)22-21-23(5-2)19(24)18(28-21)13-17-10-9-14(3)27-17/h6-10,12-13H,4-5,11H2,1-3H3/b18-13+,22-21?. The van der Waals surface area contributed by atoms with E-state index in [2.05, 4.69) is 4.99 Å². The van der Waals surface area contributed by atoms with Crippen LogP contribution in [0.1, 0.15) is 42.1 Å². The summed E-state index contributed by atoms with van der Waals surface area (Å²) >= 11 is 1.29. The number of nitrogens with zero attached hydrogens (tertiary/aromatic N) is 2. The summed E-state index contributed by atoms with van der Waals surface area (Å²) in [5.41, 5.74) is 1.03. The van der Waals surface area contributed by atoms with Crippen LogP contribution in [0.3, 0.4) is 0 Å². The lowest BCUT2D eigenvalue weighted by Gasteiger charge is -2.12. The molecular weight excluding hydrogens is 376 g/mol. The number of carbonyl (C=O) groups excluding carboxylic acids is 2. The van der Waals surface area contributed by atoms with Gasteiger partial charge in [-0.25, -0.2) is 9.79 Å². The van der Waals surface area contributed by atoms with Crippen LogP contribution in [0.4, 0.5) is 5.69 Å². The average molecular weight is 398 g/mol. The molecule has 0 spiro atoms. The fourth-order valence-electron chi connectivity index (χ4n) is 2.62. The van der Waals surface area contributed by atoms with Crippen LogP contribution < -0.4 is 0 Å². The number of likely N-dealkylation sites (N-methyl/N-ethyl adjacent to an activating group) is 1. The molecule has 0 atom stereocenters. The molecule has 28 heavy (non-hydrogen) atoms. The Morgan fingerprint density at radius 2 is 2.11 bits per heavy atom. The van der Waals surface area contributed by atoms with Crippen LogP contribution in [0, 0.1) is 6.92 Å². The van der Waals surface area contributed by atoms with Crippen molar-refractivity contribution in [3.05, 3.63) is 58.4 Å². The number of aryl methyl sites for hydroxylation is 1. The largest absolute Gasteiger partial charge is 0.462 e. The minimum atomic E-state index is -0.375. The fraction of sp³-hybridized carbons (Fsp3) is 0.286. The molecule has 7 heteroatoms. The van der Waals surface area contributed by atoms with Crippen LogP contribution in [-0.4, -0.2) is 35.1 Å². The molecule has 0 N–H and O–H groups in total. The summed E-state index contributed by atoms with van der Waals surface area (Å²) in [6, 6.07) is 10.6. The Labute approximate surface area is 168 Å². The van der Waals surface area contributed by atoms with Gasteiger partial charge in [-0.3, -0.25) is 9.69 Å². The maximum Gasteiger partial charge on any atom is 0.338 e. The highest BCUT2D eigenvalue weighted by atomic mass is 32.2. The van der Waals surface area contributed by atoms with Crippen LogP contribution in [0.25, 0.3) is 6.08 Å². The Balaban J connectivity index is 1.86. The third kappa shape index (κ3) is 4.54. The smallest absolute Gasteiger partial charge is 0.338 e. The van der Waals surface area contributed by atoms with E-state index in [-0.39, 0.29) is 11.9 Å². The van der Waals surface area contributed by atoms with E-state index in [9.17, 15) is 9.59 Å². The second kappa shape index (κ2) is 8.93. The molecule has 0 bridgehead atoms. The number of carbonyl (C=O) groups is 2. The number of esters is 1. The molecule has 1 fully saturated rings. The highest BCUT2D eigenvalue weighted by molar-refractivity contribution is 8.18. The number of furan rings is 1. The summed E-state index contributed by atoms with van der Waals surface area (Å²) in [5, 5.41) is 0.570. The van der Waals surface area contributed by atoms with Crippen molar-refractivity contribution in [2.24, 2.45) is 4.99 Å². The first-order chi connectivity index (χ1) is 13.5. The van der Waals surface area contributed by atoms with Crippen molar-refractivity contribution in [2.75, 3.05) is 13.2 Å². The molecule has 1 amide bonds. The first-order valence-electron chi connectivity index (χ1n) is 9.15. The van der Waals surface area contributed by atoms with Gasteiger partial charge in [0.15, 0.2) is 5.17 Å². The quantitative estimate of drug-likeness (QED) is 0.517. The predicted molar refractivity (Wildman–Crippen MR) is 111 cm³/mol. The van der Waals surface area contributed by atoms with Crippen LogP contribution in [-0.2, 0) is 9.53 Å². The Bertz CT molecular complexity index is 945. The zero-order valence-electron chi connectivity index (χ0n) is 16.1. The Morgan fingerprint density at radius 3 is 2.79 bits per heavy atom. The highest BCUT2D eigenvalue weighted by Gasteiger charge is 2.32. The van der Waals surface area contributed by atoms with Gasteiger partial charge in [0.1, 0.15) is 11.5 Å². The van der Waals surface area contributed by atoms with Gasteiger partial charge in [0.2, 0.25) is 0 Å². The molecule has 3 rings (SSSR count). The van der Waals surface area contributed by atoms with E-state index >= 15 is 0 Å². The van der Waals surface area contributed by atoms with Crippen molar-refractivity contribution in [3.8, 4) is 0 Å². The predicted octanol–water partition coefficient (Wildman–Crippen LogP) is 4.78. The molecule has 1 saturated heterocycles. The van der Waals surface area contributed by atoms with Gasteiger partial charge in [0, 0.05) is 12.6 Å². The minimum absolute atomic E-state index is 0.112. The topological polar surface area (TPSA) is 72.1 Å². The van der Waals surface area contributed by atoms with Gasteiger partial charge in [0.25, 0.3) is 5.91 Å². The molecule has 1 aromatic heterocycles. The van der Waals surface area contributed by atoms with Crippen molar-refractivity contribution in [1.82, 2.24) is 4.90 Å². The van der Waals surface area contributed by atoms with Crippen LogP contribution in [0.2, 0.25) is 0 Å². The van der Waals surface area contributed by atoms with Crippen LogP contribution >= 0.6 is 11.8 Å². The number of hydrogen-bond acceptors (Lipinski definition) is 6. The lowest BCUT2D eigenvalue weighted by molar-refractivity contribution is -0.122. The SMILES string of the molecule is CCCOC(=O)c1cccc(N=C2S/C(=C/c3ccc(C)o3)C(=O)N2CC)c1. The zero-order valence-corrected chi connectivity index (χ0v) is 16.9. The van der Waals surface area contributed by atoms with Gasteiger partial charge < -0.3 is 9.15 Å². The Kier molecular flexibility index (Phi) is 6.36. The van der Waals surface area contributed by atoms with Crippen LogP contribution in [0.15, 0.2) is 50.7 Å². The normalized spacial score (nSPS) is 17.0. The van der Waals surface area contributed by atoms with E-state index in [1.54, 1.807) is 35.2 Å². The van der Waals surface area contributed by atoms with E-state index in [1.165, 1.54) is 11.8 Å². The fourth-order valence-corrected chi connectivity index (χ4v) is 3.66. The maximum atomic E-state index is 12.7. The summed E-state index contributed by atoms with van der Waals surface area (Å²) in [6.07, 6.45) is 2.49. The molecule has 0 aliphatic carbocycles. The molecule has 0 unspecified atom stereocenters. The van der Waals surface area contributed by atoms with Crippen molar-refractivity contribution >= 4 is 40.6 Å². The van der Waals surface area contributed by atoms with Gasteiger partial charge in [-0.1, -0.05) is 13.0 Å².